The van der Waals surface area contributed by atoms with Crippen LogP contribution in [0.3, 0.4) is 0 Å². The highest BCUT2D eigenvalue weighted by atomic mass is 35.5. The molecule has 0 spiro atoms. The highest BCUT2D eigenvalue weighted by molar-refractivity contribution is 6.42. The van der Waals surface area contributed by atoms with E-state index in [-0.39, 0.29) is 12.6 Å². The number of nitrogens with zero attached hydrogens (tertiary/aromatic N) is 1. The van der Waals surface area contributed by atoms with Gasteiger partial charge in [-0.15, -0.1) is 0 Å². The number of urea groups is 1. The highest BCUT2D eigenvalue weighted by Crippen LogP contribution is 2.24. The SMILES string of the molecule is O=C(NC1CC1)N(CCCO)Cc1ccc(Cl)c(Cl)c1. The Labute approximate surface area is 128 Å². The predicted octanol–water partition coefficient (Wildman–Crippen LogP) is 3.05. The smallest absolute Gasteiger partial charge is 0.317 e. The zero-order valence-corrected chi connectivity index (χ0v) is 12.6. The molecule has 6 heteroatoms. The molecular weight excluding hydrogens is 299 g/mol. The Kier molecular flexibility index (Phi) is 5.52. The Hall–Kier alpha value is -0.970. The molecule has 0 unspecified atom stereocenters. The normalized spacial score (nSPS) is 14.2. The van der Waals surface area contributed by atoms with Gasteiger partial charge in [0.05, 0.1) is 10.0 Å². The fourth-order valence-corrected chi connectivity index (χ4v) is 2.19. The van der Waals surface area contributed by atoms with Gasteiger partial charge in [-0.1, -0.05) is 29.3 Å². The molecule has 1 aliphatic carbocycles. The van der Waals surface area contributed by atoms with E-state index in [9.17, 15) is 4.79 Å². The van der Waals surface area contributed by atoms with E-state index in [0.717, 1.165) is 18.4 Å². The van der Waals surface area contributed by atoms with E-state index in [2.05, 4.69) is 5.32 Å². The van der Waals surface area contributed by atoms with Crippen LogP contribution in [0.2, 0.25) is 10.0 Å². The van der Waals surface area contributed by atoms with Gasteiger partial charge >= 0.3 is 6.03 Å². The lowest BCUT2D eigenvalue weighted by Crippen LogP contribution is -2.41. The van der Waals surface area contributed by atoms with E-state index in [4.69, 9.17) is 28.3 Å². The lowest BCUT2D eigenvalue weighted by molar-refractivity contribution is 0.186. The Bertz CT molecular complexity index is 478. The molecule has 2 amide bonds. The van der Waals surface area contributed by atoms with Gasteiger partial charge in [0.1, 0.15) is 0 Å². The second-order valence-electron chi connectivity index (χ2n) is 4.97. The van der Waals surface area contributed by atoms with Crippen LogP contribution in [0.5, 0.6) is 0 Å². The zero-order valence-electron chi connectivity index (χ0n) is 11.1. The number of hydrogen-bond donors (Lipinski definition) is 2. The number of carbonyl (C=O) groups excluding carboxylic acids is 1. The van der Waals surface area contributed by atoms with E-state index in [1.807, 2.05) is 6.07 Å². The number of amides is 2. The maximum atomic E-state index is 12.1. The van der Waals surface area contributed by atoms with E-state index >= 15 is 0 Å². The monoisotopic (exact) mass is 316 g/mol. The number of benzene rings is 1. The quantitative estimate of drug-likeness (QED) is 0.847. The Balaban J connectivity index is 2.00. The van der Waals surface area contributed by atoms with Crippen LogP contribution < -0.4 is 5.32 Å². The van der Waals surface area contributed by atoms with Gasteiger partial charge in [0.25, 0.3) is 0 Å². The number of aliphatic hydroxyl groups is 1. The van der Waals surface area contributed by atoms with Crippen molar-refractivity contribution in [2.24, 2.45) is 0 Å². The molecule has 1 fully saturated rings. The molecule has 0 aromatic heterocycles. The average Bonchev–Trinajstić information content (AvgIpc) is 3.22. The average molecular weight is 317 g/mol. The molecular formula is C14H18Cl2N2O2. The molecule has 1 saturated carbocycles. The summed E-state index contributed by atoms with van der Waals surface area (Å²) in [6.07, 6.45) is 2.65. The summed E-state index contributed by atoms with van der Waals surface area (Å²) >= 11 is 11.9. The molecule has 1 aromatic carbocycles. The van der Waals surface area contributed by atoms with Crippen molar-refractivity contribution < 1.29 is 9.90 Å². The van der Waals surface area contributed by atoms with Gasteiger partial charge < -0.3 is 15.3 Å². The van der Waals surface area contributed by atoms with Crippen molar-refractivity contribution in [1.29, 1.82) is 0 Å². The maximum absolute atomic E-state index is 12.1. The van der Waals surface area contributed by atoms with E-state index < -0.39 is 0 Å². The van der Waals surface area contributed by atoms with Crippen molar-refractivity contribution in [1.82, 2.24) is 10.2 Å². The second kappa shape index (κ2) is 7.16. The van der Waals surface area contributed by atoms with E-state index in [0.29, 0.717) is 35.6 Å². The fourth-order valence-electron chi connectivity index (χ4n) is 1.87. The zero-order chi connectivity index (χ0) is 14.5. The van der Waals surface area contributed by atoms with Gasteiger partial charge in [-0.25, -0.2) is 4.79 Å². The van der Waals surface area contributed by atoms with Crippen LogP contribution in [0.25, 0.3) is 0 Å². The number of halogens is 2. The van der Waals surface area contributed by atoms with E-state index in [1.165, 1.54) is 0 Å². The first kappa shape index (κ1) is 15.4. The molecule has 1 aromatic rings. The van der Waals surface area contributed by atoms with E-state index in [1.54, 1.807) is 17.0 Å². The van der Waals surface area contributed by atoms with Gasteiger partial charge in [0.2, 0.25) is 0 Å². The number of rotatable bonds is 6. The maximum Gasteiger partial charge on any atom is 0.317 e. The molecule has 0 saturated heterocycles. The first-order valence-corrected chi connectivity index (χ1v) is 7.46. The molecule has 0 bridgehead atoms. The van der Waals surface area contributed by atoms with Gasteiger partial charge in [0.15, 0.2) is 0 Å². The Morgan fingerprint density at radius 3 is 2.70 bits per heavy atom. The minimum absolute atomic E-state index is 0.0641. The summed E-state index contributed by atoms with van der Waals surface area (Å²) in [4.78, 5) is 13.8. The summed E-state index contributed by atoms with van der Waals surface area (Å²) in [6.45, 7) is 1.03. The summed E-state index contributed by atoms with van der Waals surface area (Å²) in [5.74, 6) is 0. The van der Waals surface area contributed by atoms with Crippen molar-refractivity contribution in [3.05, 3.63) is 33.8 Å². The minimum Gasteiger partial charge on any atom is -0.396 e. The minimum atomic E-state index is -0.0907. The first-order valence-electron chi connectivity index (χ1n) is 6.70. The Morgan fingerprint density at radius 2 is 2.10 bits per heavy atom. The van der Waals surface area contributed by atoms with Crippen LogP contribution >= 0.6 is 23.2 Å². The lowest BCUT2D eigenvalue weighted by Gasteiger charge is -2.23. The fraction of sp³-hybridized carbons (Fsp3) is 0.500. The third-order valence-electron chi connectivity index (χ3n) is 3.14. The van der Waals surface area contributed by atoms with Crippen molar-refractivity contribution in [2.45, 2.75) is 31.8 Å². The van der Waals surface area contributed by atoms with Crippen LogP contribution in [0.15, 0.2) is 18.2 Å². The summed E-state index contributed by atoms with van der Waals surface area (Å²) < 4.78 is 0. The third kappa shape index (κ3) is 4.54. The molecule has 0 radical (unpaired) electrons. The summed E-state index contributed by atoms with van der Waals surface area (Å²) in [5.41, 5.74) is 0.920. The third-order valence-corrected chi connectivity index (χ3v) is 3.87. The van der Waals surface area contributed by atoms with Crippen molar-refractivity contribution >= 4 is 29.2 Å². The van der Waals surface area contributed by atoms with Gasteiger partial charge in [0, 0.05) is 25.7 Å². The molecule has 0 aliphatic heterocycles. The number of carbonyl (C=O) groups is 1. The molecule has 4 nitrogen and oxygen atoms in total. The predicted molar refractivity (Wildman–Crippen MR) is 80.1 cm³/mol. The summed E-state index contributed by atoms with van der Waals surface area (Å²) in [5, 5.41) is 12.9. The van der Waals surface area contributed by atoms with Crippen molar-refractivity contribution in [3.8, 4) is 0 Å². The molecule has 0 atom stereocenters. The number of aliphatic hydroxyl groups excluding tert-OH is 1. The molecule has 2 N–H and O–H groups in total. The van der Waals surface area contributed by atoms with Crippen LogP contribution in [-0.4, -0.2) is 35.2 Å². The molecule has 2 rings (SSSR count). The second-order valence-corrected chi connectivity index (χ2v) is 5.79. The number of hydrogen-bond acceptors (Lipinski definition) is 2. The largest absolute Gasteiger partial charge is 0.396 e. The molecule has 0 heterocycles. The molecule has 1 aliphatic rings. The first-order chi connectivity index (χ1) is 9.60. The highest BCUT2D eigenvalue weighted by Gasteiger charge is 2.25. The summed E-state index contributed by atoms with van der Waals surface area (Å²) in [6, 6.07) is 5.56. The lowest BCUT2D eigenvalue weighted by atomic mass is 10.2. The topological polar surface area (TPSA) is 52.6 Å². The molecule has 20 heavy (non-hydrogen) atoms. The molecule has 110 valence electrons. The van der Waals surface area contributed by atoms with Gasteiger partial charge in [-0.05, 0) is 37.0 Å². The summed E-state index contributed by atoms with van der Waals surface area (Å²) in [7, 11) is 0. The van der Waals surface area contributed by atoms with Crippen LogP contribution in [-0.2, 0) is 6.54 Å². The van der Waals surface area contributed by atoms with Crippen LogP contribution in [0.4, 0.5) is 4.79 Å². The van der Waals surface area contributed by atoms with Gasteiger partial charge in [-0.3, -0.25) is 0 Å². The van der Waals surface area contributed by atoms with Crippen LogP contribution in [0, 0.1) is 0 Å². The van der Waals surface area contributed by atoms with Gasteiger partial charge in [-0.2, -0.15) is 0 Å². The number of nitrogens with one attached hydrogen (secondary N) is 1. The van der Waals surface area contributed by atoms with Crippen molar-refractivity contribution in [2.75, 3.05) is 13.2 Å². The standard InChI is InChI=1S/C14H18Cl2N2O2/c15-12-5-2-10(8-13(12)16)9-18(6-1-7-19)14(20)17-11-3-4-11/h2,5,8,11,19H,1,3-4,6-7,9H2,(H,17,20). The van der Waals surface area contributed by atoms with Crippen LogP contribution in [0.1, 0.15) is 24.8 Å². The Morgan fingerprint density at radius 1 is 1.35 bits per heavy atom. The van der Waals surface area contributed by atoms with Crippen molar-refractivity contribution in [3.63, 3.8) is 0 Å².